The van der Waals surface area contributed by atoms with Gasteiger partial charge in [0.1, 0.15) is 17.6 Å². The fourth-order valence-corrected chi connectivity index (χ4v) is 1.87. The van der Waals surface area contributed by atoms with Crippen LogP contribution in [0.1, 0.15) is 29.8 Å². The quantitative estimate of drug-likeness (QED) is 0.711. The third-order valence-electron chi connectivity index (χ3n) is 2.43. The Balaban J connectivity index is 2.42. The lowest BCUT2D eigenvalue weighted by atomic mass is 10.1. The largest absolute Gasteiger partial charge is 0.494 e. The average Bonchev–Trinajstić information content (AvgIpc) is 2.57. The summed E-state index contributed by atoms with van der Waals surface area (Å²) in [5.41, 5.74) is 1.65. The Hall–Kier alpha value is -1.51. The molecule has 0 aliphatic carbocycles. The third-order valence-corrected chi connectivity index (χ3v) is 2.43. The van der Waals surface area contributed by atoms with Gasteiger partial charge in [-0.1, -0.05) is 0 Å². The molecule has 1 unspecified atom stereocenters. The molecule has 1 aromatic rings. The van der Waals surface area contributed by atoms with Crippen LogP contribution in [0.3, 0.4) is 0 Å². The molecule has 1 aromatic carbocycles. The second-order valence-corrected chi connectivity index (χ2v) is 3.68. The van der Waals surface area contributed by atoms with Crippen LogP contribution in [0.4, 0.5) is 0 Å². The first-order valence-corrected chi connectivity index (χ1v) is 5.16. The van der Waals surface area contributed by atoms with E-state index < -0.39 is 0 Å². The maximum absolute atomic E-state index is 10.9. The summed E-state index contributed by atoms with van der Waals surface area (Å²) in [5, 5.41) is 0. The van der Waals surface area contributed by atoms with Gasteiger partial charge in [-0.05, 0) is 26.0 Å². The molecule has 3 heteroatoms. The lowest BCUT2D eigenvalue weighted by Crippen LogP contribution is -2.05. The average molecular weight is 206 g/mol. The molecule has 0 radical (unpaired) electrons. The summed E-state index contributed by atoms with van der Waals surface area (Å²) in [4.78, 5) is 10.9. The second kappa shape index (κ2) is 3.93. The van der Waals surface area contributed by atoms with Gasteiger partial charge in [0.15, 0.2) is 6.29 Å². The van der Waals surface area contributed by atoms with Crippen molar-refractivity contribution in [2.45, 2.75) is 26.4 Å². The minimum atomic E-state index is 0.149. The van der Waals surface area contributed by atoms with Crippen LogP contribution in [0, 0.1) is 0 Å². The molecule has 0 N–H and O–H groups in total. The van der Waals surface area contributed by atoms with E-state index in [0.717, 1.165) is 29.8 Å². The van der Waals surface area contributed by atoms with Crippen LogP contribution in [0.5, 0.6) is 11.5 Å². The molecule has 0 spiro atoms. The Labute approximate surface area is 89.0 Å². The molecule has 1 aliphatic rings. The van der Waals surface area contributed by atoms with Crippen LogP contribution < -0.4 is 9.47 Å². The second-order valence-electron chi connectivity index (χ2n) is 3.68. The molecule has 15 heavy (non-hydrogen) atoms. The number of ether oxygens (including phenoxy) is 2. The maximum atomic E-state index is 10.9. The smallest absolute Gasteiger partial charge is 0.153 e. The Morgan fingerprint density at radius 2 is 2.40 bits per heavy atom. The number of hydrogen-bond acceptors (Lipinski definition) is 3. The fourth-order valence-electron chi connectivity index (χ4n) is 1.87. The van der Waals surface area contributed by atoms with Crippen LogP contribution in [-0.2, 0) is 6.42 Å². The van der Waals surface area contributed by atoms with E-state index >= 15 is 0 Å². The summed E-state index contributed by atoms with van der Waals surface area (Å²) in [5.74, 6) is 1.47. The van der Waals surface area contributed by atoms with Gasteiger partial charge in [-0.25, -0.2) is 0 Å². The fraction of sp³-hybridized carbons (Fsp3) is 0.417. The van der Waals surface area contributed by atoms with Gasteiger partial charge < -0.3 is 9.47 Å². The van der Waals surface area contributed by atoms with Crippen molar-refractivity contribution in [3.05, 3.63) is 23.3 Å². The molecule has 0 saturated carbocycles. The van der Waals surface area contributed by atoms with E-state index in [0.29, 0.717) is 12.2 Å². The zero-order valence-corrected chi connectivity index (χ0v) is 8.95. The highest BCUT2D eigenvalue weighted by atomic mass is 16.5. The van der Waals surface area contributed by atoms with Crippen LogP contribution in [0.2, 0.25) is 0 Å². The standard InChI is InChI=1S/C12H14O3/c1-3-14-11-5-9-4-8(2)15-12(9)10(6-11)7-13/h5-8H,3-4H2,1-2H3. The number of hydrogen-bond donors (Lipinski definition) is 0. The van der Waals surface area contributed by atoms with Crippen LogP contribution in [0.25, 0.3) is 0 Å². The highest BCUT2D eigenvalue weighted by Gasteiger charge is 2.23. The minimum Gasteiger partial charge on any atom is -0.494 e. The van der Waals surface area contributed by atoms with Gasteiger partial charge in [-0.3, -0.25) is 4.79 Å². The zero-order valence-electron chi connectivity index (χ0n) is 8.95. The number of rotatable bonds is 3. The van der Waals surface area contributed by atoms with Crippen molar-refractivity contribution in [2.24, 2.45) is 0 Å². The summed E-state index contributed by atoms with van der Waals surface area (Å²) in [7, 11) is 0. The van der Waals surface area contributed by atoms with Gasteiger partial charge in [0.2, 0.25) is 0 Å². The van der Waals surface area contributed by atoms with E-state index in [4.69, 9.17) is 9.47 Å². The molecule has 3 nitrogen and oxygen atoms in total. The maximum Gasteiger partial charge on any atom is 0.153 e. The van der Waals surface area contributed by atoms with Crippen LogP contribution in [0.15, 0.2) is 12.1 Å². The summed E-state index contributed by atoms with van der Waals surface area (Å²) in [6, 6.07) is 3.68. The molecule has 0 fully saturated rings. The molecular weight excluding hydrogens is 192 g/mol. The molecule has 1 heterocycles. The van der Waals surface area contributed by atoms with Crippen molar-refractivity contribution in [3.63, 3.8) is 0 Å². The van der Waals surface area contributed by atoms with E-state index in [-0.39, 0.29) is 6.10 Å². The van der Waals surface area contributed by atoms with Crippen molar-refractivity contribution < 1.29 is 14.3 Å². The van der Waals surface area contributed by atoms with Crippen molar-refractivity contribution in [1.29, 1.82) is 0 Å². The molecule has 1 atom stereocenters. The lowest BCUT2D eigenvalue weighted by molar-refractivity contribution is 0.111. The van der Waals surface area contributed by atoms with Gasteiger partial charge in [0, 0.05) is 12.0 Å². The number of benzene rings is 1. The van der Waals surface area contributed by atoms with Gasteiger partial charge in [-0.2, -0.15) is 0 Å². The predicted octanol–water partition coefficient (Wildman–Crippen LogP) is 2.22. The summed E-state index contributed by atoms with van der Waals surface area (Å²) < 4.78 is 11.0. The Kier molecular flexibility index (Phi) is 2.62. The summed E-state index contributed by atoms with van der Waals surface area (Å²) in [6.45, 7) is 4.52. The van der Waals surface area contributed by atoms with Gasteiger partial charge in [0.05, 0.1) is 12.2 Å². The number of fused-ring (bicyclic) bond motifs is 1. The van der Waals surface area contributed by atoms with Crippen molar-refractivity contribution >= 4 is 6.29 Å². The molecule has 80 valence electrons. The molecule has 0 saturated heterocycles. The van der Waals surface area contributed by atoms with Crippen molar-refractivity contribution in [1.82, 2.24) is 0 Å². The van der Waals surface area contributed by atoms with Crippen LogP contribution >= 0.6 is 0 Å². The van der Waals surface area contributed by atoms with Gasteiger partial charge >= 0.3 is 0 Å². The van der Waals surface area contributed by atoms with Gasteiger partial charge in [-0.15, -0.1) is 0 Å². The highest BCUT2D eigenvalue weighted by molar-refractivity contribution is 5.81. The van der Waals surface area contributed by atoms with E-state index in [1.54, 1.807) is 6.07 Å². The summed E-state index contributed by atoms with van der Waals surface area (Å²) >= 11 is 0. The first-order chi connectivity index (χ1) is 7.24. The van der Waals surface area contributed by atoms with Crippen LogP contribution in [-0.4, -0.2) is 19.0 Å². The van der Waals surface area contributed by atoms with Crippen molar-refractivity contribution in [2.75, 3.05) is 6.61 Å². The number of aldehydes is 1. The summed E-state index contributed by atoms with van der Waals surface area (Å²) in [6.07, 6.45) is 1.81. The molecule has 0 aromatic heterocycles. The Bertz CT molecular complexity index is 385. The normalized spacial score (nSPS) is 18.1. The molecular formula is C12H14O3. The topological polar surface area (TPSA) is 35.5 Å². The number of carbonyl (C=O) groups is 1. The molecule has 2 rings (SSSR count). The molecule has 0 bridgehead atoms. The highest BCUT2D eigenvalue weighted by Crippen LogP contribution is 2.35. The first kappa shape index (κ1) is 10.0. The van der Waals surface area contributed by atoms with E-state index in [1.165, 1.54) is 0 Å². The Morgan fingerprint density at radius 3 is 3.07 bits per heavy atom. The van der Waals surface area contributed by atoms with Crippen molar-refractivity contribution in [3.8, 4) is 11.5 Å². The molecule has 0 amide bonds. The zero-order chi connectivity index (χ0) is 10.8. The molecule has 1 aliphatic heterocycles. The van der Waals surface area contributed by atoms with E-state index in [2.05, 4.69) is 0 Å². The third kappa shape index (κ3) is 1.82. The monoisotopic (exact) mass is 206 g/mol. The lowest BCUT2D eigenvalue weighted by Gasteiger charge is -2.08. The predicted molar refractivity (Wildman–Crippen MR) is 56.8 cm³/mol. The first-order valence-electron chi connectivity index (χ1n) is 5.16. The van der Waals surface area contributed by atoms with E-state index in [9.17, 15) is 4.79 Å². The number of carbonyl (C=O) groups excluding carboxylic acids is 1. The van der Waals surface area contributed by atoms with E-state index in [1.807, 2.05) is 19.9 Å². The SMILES string of the molecule is CCOc1cc(C=O)c2c(c1)CC(C)O2. The van der Waals surface area contributed by atoms with Gasteiger partial charge in [0.25, 0.3) is 0 Å². The Morgan fingerprint density at radius 1 is 1.60 bits per heavy atom. The minimum absolute atomic E-state index is 0.149.